The highest BCUT2D eigenvalue weighted by Crippen LogP contribution is 2.27. The molecule has 0 aromatic rings. The molecule has 194 valence electrons. The van der Waals surface area contributed by atoms with E-state index >= 15 is 0 Å². The van der Waals surface area contributed by atoms with Crippen molar-refractivity contribution in [1.29, 1.82) is 0 Å². The van der Waals surface area contributed by atoms with Crippen molar-refractivity contribution in [2.75, 3.05) is 13.1 Å². The van der Waals surface area contributed by atoms with Crippen LogP contribution in [0.5, 0.6) is 0 Å². The van der Waals surface area contributed by atoms with Crippen molar-refractivity contribution in [3.63, 3.8) is 0 Å². The zero-order valence-electron chi connectivity index (χ0n) is 18.8. The minimum absolute atomic E-state index is 0.0855. The molecule has 0 saturated carbocycles. The van der Waals surface area contributed by atoms with Crippen LogP contribution in [0.25, 0.3) is 0 Å². The fourth-order valence-corrected chi connectivity index (χ4v) is 5.06. The smallest absolute Gasteiger partial charge is 0.362 e. The molecule has 17 heteroatoms. The van der Waals surface area contributed by atoms with E-state index in [1.807, 2.05) is 0 Å². The third kappa shape index (κ3) is 5.85. The molecule has 0 bridgehead atoms. The molecule has 0 aromatic heterocycles. The Kier molecular flexibility index (Phi) is 7.63. The summed E-state index contributed by atoms with van der Waals surface area (Å²) < 4.78 is 33.2. The Morgan fingerprint density at radius 2 is 2.06 bits per heavy atom. The first kappa shape index (κ1) is 26.7. The summed E-state index contributed by atoms with van der Waals surface area (Å²) in [6.45, 7) is 2.51. The van der Waals surface area contributed by atoms with Gasteiger partial charge in [0.15, 0.2) is 5.71 Å². The Bertz CT molecular complexity index is 1090. The maximum absolute atomic E-state index is 13.1. The molecule has 2 saturated heterocycles. The number of oxime groups is 1. The Hall–Kier alpha value is -2.89. The van der Waals surface area contributed by atoms with Gasteiger partial charge in [0.25, 0.3) is 11.8 Å². The molecular weight excluding hydrogens is 508 g/mol. The molecule has 3 aliphatic rings. The molecule has 15 nitrogen and oxygen atoms in total. The van der Waals surface area contributed by atoms with Crippen LogP contribution in [0.4, 0.5) is 0 Å². The number of thioether (sulfide) groups is 1. The molecule has 3 unspecified atom stereocenters. The summed E-state index contributed by atoms with van der Waals surface area (Å²) in [5.41, 5.74) is 2.96. The minimum atomic E-state index is -4.95. The molecule has 3 amide bonds. The average Bonchev–Trinajstić information content (AvgIpc) is 3.17. The zero-order chi connectivity index (χ0) is 26.1. The Morgan fingerprint density at radius 1 is 1.37 bits per heavy atom. The number of rotatable bonds is 9. The number of carboxylic acids is 1. The van der Waals surface area contributed by atoms with E-state index in [1.165, 1.54) is 24.2 Å². The van der Waals surface area contributed by atoms with E-state index in [0.717, 1.165) is 11.8 Å². The highest BCUT2D eigenvalue weighted by atomic mass is 32.2. The van der Waals surface area contributed by atoms with Gasteiger partial charge in [-0.1, -0.05) is 16.9 Å². The summed E-state index contributed by atoms with van der Waals surface area (Å²) in [5.74, 6) is -3.71. The van der Waals surface area contributed by atoms with Crippen LogP contribution in [-0.2, 0) is 34.3 Å². The predicted molar refractivity (Wildman–Crippen MR) is 122 cm³/mol. The molecule has 0 radical (unpaired) electrons. The second-order valence-corrected chi connectivity index (χ2v) is 10.8. The van der Waals surface area contributed by atoms with Crippen LogP contribution in [0.3, 0.4) is 0 Å². The minimum Gasteiger partial charge on any atom is -0.478 e. The third-order valence-electron chi connectivity index (χ3n) is 5.51. The van der Waals surface area contributed by atoms with E-state index in [0.29, 0.717) is 19.4 Å². The number of hydrogen-bond donors (Lipinski definition) is 5. The Morgan fingerprint density at radius 3 is 2.60 bits per heavy atom. The van der Waals surface area contributed by atoms with Gasteiger partial charge in [-0.2, -0.15) is 8.42 Å². The van der Waals surface area contributed by atoms with Gasteiger partial charge in [-0.3, -0.25) is 18.9 Å². The number of nitrogens with two attached hydrogens (primary N) is 1. The summed E-state index contributed by atoms with van der Waals surface area (Å²) >= 11 is 1.10. The first-order valence-corrected chi connectivity index (χ1v) is 12.8. The number of hydrogen-bond acceptors (Lipinski definition) is 11. The number of piperidine rings is 1. The highest BCUT2D eigenvalue weighted by molar-refractivity contribution is 8.02. The molecular formula is C18H26N6O9S2. The molecule has 3 rings (SSSR count). The largest absolute Gasteiger partial charge is 0.478 e. The van der Waals surface area contributed by atoms with Crippen molar-refractivity contribution in [3.8, 4) is 0 Å². The Balaban J connectivity index is 1.84. The lowest BCUT2D eigenvalue weighted by molar-refractivity contribution is -0.161. The maximum Gasteiger partial charge on any atom is 0.362 e. The summed E-state index contributed by atoms with van der Waals surface area (Å²) in [6.07, 6.45) is 1.62. The van der Waals surface area contributed by atoms with Gasteiger partial charge in [0.1, 0.15) is 11.5 Å². The van der Waals surface area contributed by atoms with Crippen molar-refractivity contribution in [2.45, 2.75) is 56.3 Å². The van der Waals surface area contributed by atoms with Crippen molar-refractivity contribution >= 4 is 51.5 Å². The van der Waals surface area contributed by atoms with Crippen molar-refractivity contribution in [3.05, 3.63) is 11.1 Å². The zero-order valence-corrected chi connectivity index (χ0v) is 20.5. The quantitative estimate of drug-likeness (QED) is 0.0952. The number of carboxylic acid groups (broad SMARTS) is 1. The number of likely N-dealkylation sites (tertiary alicyclic amines) is 1. The second kappa shape index (κ2) is 10.00. The lowest BCUT2D eigenvalue weighted by Gasteiger charge is -2.46. The summed E-state index contributed by atoms with van der Waals surface area (Å²) in [4.78, 5) is 55.5. The standard InChI is InChI=1S/C18H26N6O9S2/c1-18(2,16(28)29)33-22-12(9-8-34-17(19)20-9)14(26)21-13-10(24(15(13)27)35(30,31)32)7-23-6-4-3-5-11(23)25/h8,10,13,17,20H,3-7,19H2,1-2H3,(H,21,26)(H,28,29)(H,30,31,32)/b22-12-. The summed E-state index contributed by atoms with van der Waals surface area (Å²) in [7, 11) is -4.95. The van der Waals surface area contributed by atoms with Crippen molar-refractivity contribution in [1.82, 2.24) is 19.8 Å². The molecule has 0 spiro atoms. The van der Waals surface area contributed by atoms with E-state index in [2.05, 4.69) is 15.8 Å². The highest BCUT2D eigenvalue weighted by Gasteiger charge is 2.55. The first-order chi connectivity index (χ1) is 16.2. The van der Waals surface area contributed by atoms with Crippen LogP contribution in [0.1, 0.15) is 33.1 Å². The van der Waals surface area contributed by atoms with Crippen LogP contribution in [0.2, 0.25) is 0 Å². The third-order valence-corrected chi connectivity index (χ3v) is 7.24. The maximum atomic E-state index is 13.1. The van der Waals surface area contributed by atoms with Crippen LogP contribution >= 0.6 is 11.8 Å². The summed E-state index contributed by atoms with van der Waals surface area (Å²) in [6, 6.07) is -2.68. The van der Waals surface area contributed by atoms with Gasteiger partial charge in [-0.05, 0) is 26.7 Å². The van der Waals surface area contributed by atoms with Gasteiger partial charge in [0.05, 0.1) is 11.7 Å². The van der Waals surface area contributed by atoms with E-state index in [-0.39, 0.29) is 28.9 Å². The molecule has 0 aliphatic carbocycles. The number of nitrogens with one attached hydrogen (secondary N) is 2. The first-order valence-electron chi connectivity index (χ1n) is 10.5. The van der Waals surface area contributed by atoms with Gasteiger partial charge in [0, 0.05) is 24.9 Å². The number of amides is 3. The molecule has 2 fully saturated rings. The average molecular weight is 535 g/mol. The molecule has 35 heavy (non-hydrogen) atoms. The van der Waals surface area contributed by atoms with Gasteiger partial charge in [-0.15, -0.1) is 0 Å². The number of β-lactam (4-membered cyclic amide) rings is 1. The van der Waals surface area contributed by atoms with E-state index < -0.39 is 57.0 Å². The van der Waals surface area contributed by atoms with E-state index in [4.69, 9.17) is 10.6 Å². The fraction of sp³-hybridized carbons (Fsp3) is 0.611. The van der Waals surface area contributed by atoms with Gasteiger partial charge < -0.3 is 31.2 Å². The van der Waals surface area contributed by atoms with E-state index in [9.17, 15) is 37.3 Å². The molecule has 0 aromatic carbocycles. The normalized spacial score (nSPS) is 25.5. The molecule has 3 heterocycles. The SMILES string of the molecule is CC(C)(O/N=C(\C(=O)NC1C(=O)N(S(=O)(=O)O)C1CN1CCCCC1=O)C1=CSC(N)N1)C(=O)O. The van der Waals surface area contributed by atoms with Crippen LogP contribution in [0.15, 0.2) is 16.3 Å². The van der Waals surface area contributed by atoms with Crippen LogP contribution in [-0.4, -0.2) is 93.0 Å². The number of carbonyl (C=O) groups excluding carboxylic acids is 3. The molecule has 3 aliphatic heterocycles. The number of carbonyl (C=O) groups is 4. The summed E-state index contributed by atoms with van der Waals surface area (Å²) in [5, 5.41) is 19.4. The van der Waals surface area contributed by atoms with Crippen LogP contribution in [0, 0.1) is 0 Å². The van der Waals surface area contributed by atoms with Gasteiger partial charge >= 0.3 is 16.3 Å². The Labute approximate surface area is 204 Å². The second-order valence-electron chi connectivity index (χ2n) is 8.51. The molecule has 3 atom stereocenters. The topological polar surface area (TPSA) is 221 Å². The molecule has 6 N–H and O–H groups in total. The lowest BCUT2D eigenvalue weighted by atomic mass is 9.96. The van der Waals surface area contributed by atoms with E-state index in [1.54, 1.807) is 0 Å². The fourth-order valence-electron chi connectivity index (χ4n) is 3.53. The van der Waals surface area contributed by atoms with Crippen molar-refractivity contribution < 1.29 is 42.1 Å². The monoisotopic (exact) mass is 534 g/mol. The number of aliphatic carboxylic acids is 1. The van der Waals surface area contributed by atoms with Crippen LogP contribution < -0.4 is 16.4 Å². The lowest BCUT2D eigenvalue weighted by Crippen LogP contribution is -2.75. The van der Waals surface area contributed by atoms with Crippen molar-refractivity contribution in [2.24, 2.45) is 10.9 Å². The van der Waals surface area contributed by atoms with Gasteiger partial charge in [0.2, 0.25) is 11.5 Å². The van der Waals surface area contributed by atoms with Gasteiger partial charge in [-0.25, -0.2) is 9.10 Å². The predicted octanol–water partition coefficient (Wildman–Crippen LogP) is -1.85. The number of nitrogens with zero attached hydrogens (tertiary/aromatic N) is 3.